The molecule has 0 spiro atoms. The molecule has 4 nitrogen and oxygen atoms in total. The summed E-state index contributed by atoms with van der Waals surface area (Å²) in [6.07, 6.45) is 1.04. The van der Waals surface area contributed by atoms with Crippen LogP contribution in [-0.4, -0.2) is 37.2 Å². The lowest BCUT2D eigenvalue weighted by Crippen LogP contribution is -2.38. The molecule has 2 rings (SSSR count). The van der Waals surface area contributed by atoms with Gasteiger partial charge in [-0.15, -0.1) is 0 Å². The van der Waals surface area contributed by atoms with Gasteiger partial charge in [0.25, 0.3) is 0 Å². The summed E-state index contributed by atoms with van der Waals surface area (Å²) in [5.41, 5.74) is 4.98. The second kappa shape index (κ2) is 7.63. The van der Waals surface area contributed by atoms with E-state index in [9.17, 15) is 4.79 Å². The molecule has 1 saturated heterocycles. The molecule has 4 heteroatoms. The molecule has 1 unspecified atom stereocenters. The number of nitrogens with zero attached hydrogens (tertiary/aromatic N) is 1. The first kappa shape index (κ1) is 16.8. The highest BCUT2D eigenvalue weighted by Crippen LogP contribution is 2.18. The Morgan fingerprint density at radius 3 is 2.64 bits per heavy atom. The van der Waals surface area contributed by atoms with E-state index >= 15 is 0 Å². The Morgan fingerprint density at radius 1 is 1.32 bits per heavy atom. The topological polar surface area (TPSA) is 41.6 Å². The Labute approximate surface area is 133 Å². The van der Waals surface area contributed by atoms with Gasteiger partial charge < -0.3 is 15.0 Å². The lowest BCUT2D eigenvalue weighted by molar-refractivity contribution is 0.113. The standard InChI is InChI=1S/C18H28N2O2/c1-5-22-12-16-6-7-20(11-16)18(21)19-10-17-14(3)8-13(2)9-15(17)4/h8-9,16H,5-7,10-12H2,1-4H3,(H,19,21). The van der Waals surface area contributed by atoms with Crippen molar-refractivity contribution >= 4 is 6.03 Å². The minimum Gasteiger partial charge on any atom is -0.381 e. The van der Waals surface area contributed by atoms with Crippen LogP contribution >= 0.6 is 0 Å². The van der Waals surface area contributed by atoms with E-state index < -0.39 is 0 Å². The number of likely N-dealkylation sites (tertiary alicyclic amines) is 1. The number of benzene rings is 1. The monoisotopic (exact) mass is 304 g/mol. The van der Waals surface area contributed by atoms with Crippen molar-refractivity contribution < 1.29 is 9.53 Å². The molecule has 122 valence electrons. The molecule has 22 heavy (non-hydrogen) atoms. The average molecular weight is 304 g/mol. The van der Waals surface area contributed by atoms with Crippen molar-refractivity contribution in [1.82, 2.24) is 10.2 Å². The van der Waals surface area contributed by atoms with Crippen molar-refractivity contribution in [3.63, 3.8) is 0 Å². The fourth-order valence-electron chi connectivity index (χ4n) is 3.20. The zero-order valence-electron chi connectivity index (χ0n) is 14.2. The number of hydrogen-bond donors (Lipinski definition) is 1. The number of hydrogen-bond acceptors (Lipinski definition) is 2. The maximum Gasteiger partial charge on any atom is 0.317 e. The summed E-state index contributed by atoms with van der Waals surface area (Å²) in [5.74, 6) is 0.480. The maximum atomic E-state index is 12.3. The zero-order valence-corrected chi connectivity index (χ0v) is 14.2. The molecular formula is C18H28N2O2. The Kier molecular flexibility index (Phi) is 5.83. The van der Waals surface area contributed by atoms with Gasteiger partial charge in [-0.25, -0.2) is 4.79 Å². The van der Waals surface area contributed by atoms with Gasteiger partial charge in [0.05, 0.1) is 6.61 Å². The Balaban J connectivity index is 1.86. The molecule has 0 aliphatic carbocycles. The largest absolute Gasteiger partial charge is 0.381 e. The second-order valence-electron chi connectivity index (χ2n) is 6.30. The van der Waals surface area contributed by atoms with Crippen molar-refractivity contribution in [3.8, 4) is 0 Å². The third-order valence-corrected chi connectivity index (χ3v) is 4.39. The Morgan fingerprint density at radius 2 is 2.00 bits per heavy atom. The molecule has 2 amide bonds. The SMILES string of the molecule is CCOCC1CCN(C(=O)NCc2c(C)cc(C)cc2C)C1. The Hall–Kier alpha value is -1.55. The van der Waals surface area contributed by atoms with Crippen LogP contribution in [0.5, 0.6) is 0 Å². The van der Waals surface area contributed by atoms with Gasteiger partial charge in [-0.1, -0.05) is 17.7 Å². The van der Waals surface area contributed by atoms with Gasteiger partial charge in [-0.3, -0.25) is 0 Å². The number of aryl methyl sites for hydroxylation is 3. The van der Waals surface area contributed by atoms with Gasteiger partial charge in [0.1, 0.15) is 0 Å². The summed E-state index contributed by atoms with van der Waals surface area (Å²) in [6.45, 7) is 12.1. The third-order valence-electron chi connectivity index (χ3n) is 4.39. The highest BCUT2D eigenvalue weighted by atomic mass is 16.5. The molecule has 1 aliphatic heterocycles. The van der Waals surface area contributed by atoms with Gasteiger partial charge >= 0.3 is 6.03 Å². The average Bonchev–Trinajstić information content (AvgIpc) is 2.92. The smallest absolute Gasteiger partial charge is 0.317 e. The van der Waals surface area contributed by atoms with Crippen LogP contribution in [0.2, 0.25) is 0 Å². The quantitative estimate of drug-likeness (QED) is 0.908. The number of rotatable bonds is 5. The second-order valence-corrected chi connectivity index (χ2v) is 6.30. The summed E-state index contributed by atoms with van der Waals surface area (Å²) in [6, 6.07) is 4.38. The van der Waals surface area contributed by atoms with Crippen molar-refractivity contribution in [2.75, 3.05) is 26.3 Å². The number of nitrogens with one attached hydrogen (secondary N) is 1. The van der Waals surface area contributed by atoms with E-state index in [1.807, 2.05) is 11.8 Å². The van der Waals surface area contributed by atoms with Gasteiger partial charge in [0.2, 0.25) is 0 Å². The van der Waals surface area contributed by atoms with Crippen LogP contribution in [0.15, 0.2) is 12.1 Å². The molecule has 0 saturated carbocycles. The van der Waals surface area contributed by atoms with Gasteiger partial charge in [0, 0.05) is 32.2 Å². The van der Waals surface area contributed by atoms with E-state index in [0.29, 0.717) is 12.5 Å². The lowest BCUT2D eigenvalue weighted by atomic mass is 10.00. The number of carbonyl (C=O) groups is 1. The van der Waals surface area contributed by atoms with Crippen LogP contribution in [0.25, 0.3) is 0 Å². The number of carbonyl (C=O) groups excluding carboxylic acids is 1. The van der Waals surface area contributed by atoms with E-state index in [0.717, 1.165) is 32.7 Å². The predicted octanol–water partition coefficient (Wildman–Crippen LogP) is 3.18. The molecule has 1 aromatic carbocycles. The van der Waals surface area contributed by atoms with Gasteiger partial charge in [-0.2, -0.15) is 0 Å². The summed E-state index contributed by atoms with van der Waals surface area (Å²) in [5, 5.41) is 3.06. The third kappa shape index (κ3) is 4.23. The van der Waals surface area contributed by atoms with Crippen LogP contribution in [0, 0.1) is 26.7 Å². The summed E-state index contributed by atoms with van der Waals surface area (Å²) in [7, 11) is 0. The molecule has 0 bridgehead atoms. The number of amides is 2. The fraction of sp³-hybridized carbons (Fsp3) is 0.611. The van der Waals surface area contributed by atoms with E-state index in [-0.39, 0.29) is 6.03 Å². The molecule has 1 aliphatic rings. The summed E-state index contributed by atoms with van der Waals surface area (Å²) >= 11 is 0. The summed E-state index contributed by atoms with van der Waals surface area (Å²) < 4.78 is 5.46. The minimum absolute atomic E-state index is 0.0402. The normalized spacial score (nSPS) is 17.8. The molecule has 1 N–H and O–H groups in total. The zero-order chi connectivity index (χ0) is 16.1. The predicted molar refractivity (Wildman–Crippen MR) is 89.1 cm³/mol. The van der Waals surface area contributed by atoms with E-state index in [4.69, 9.17) is 4.74 Å². The molecule has 1 atom stereocenters. The Bertz CT molecular complexity index is 505. The van der Waals surface area contributed by atoms with E-state index in [2.05, 4.69) is 38.2 Å². The lowest BCUT2D eigenvalue weighted by Gasteiger charge is -2.19. The first-order valence-electron chi connectivity index (χ1n) is 8.18. The molecule has 0 aromatic heterocycles. The fourth-order valence-corrected chi connectivity index (χ4v) is 3.20. The van der Waals surface area contributed by atoms with Crippen LogP contribution in [0.1, 0.15) is 35.6 Å². The van der Waals surface area contributed by atoms with Gasteiger partial charge in [0.15, 0.2) is 0 Å². The van der Waals surface area contributed by atoms with Crippen molar-refractivity contribution in [2.24, 2.45) is 5.92 Å². The van der Waals surface area contributed by atoms with E-state index in [1.165, 1.54) is 22.3 Å². The van der Waals surface area contributed by atoms with Crippen molar-refractivity contribution in [3.05, 3.63) is 34.4 Å². The minimum atomic E-state index is 0.0402. The molecular weight excluding hydrogens is 276 g/mol. The van der Waals surface area contributed by atoms with Crippen molar-refractivity contribution in [1.29, 1.82) is 0 Å². The van der Waals surface area contributed by atoms with Crippen molar-refractivity contribution in [2.45, 2.75) is 40.7 Å². The molecule has 1 aromatic rings. The number of ether oxygens (including phenoxy) is 1. The highest BCUT2D eigenvalue weighted by molar-refractivity contribution is 5.74. The first-order chi connectivity index (χ1) is 10.5. The maximum absolute atomic E-state index is 12.3. The van der Waals surface area contributed by atoms with Crippen LogP contribution in [0.4, 0.5) is 4.79 Å². The van der Waals surface area contributed by atoms with Crippen LogP contribution in [-0.2, 0) is 11.3 Å². The van der Waals surface area contributed by atoms with Crippen LogP contribution in [0.3, 0.4) is 0 Å². The molecule has 1 heterocycles. The van der Waals surface area contributed by atoms with Gasteiger partial charge in [-0.05, 0) is 50.8 Å². The molecule has 1 fully saturated rings. The number of urea groups is 1. The highest BCUT2D eigenvalue weighted by Gasteiger charge is 2.26. The first-order valence-corrected chi connectivity index (χ1v) is 8.18. The van der Waals surface area contributed by atoms with E-state index in [1.54, 1.807) is 0 Å². The van der Waals surface area contributed by atoms with Crippen LogP contribution < -0.4 is 5.32 Å². The summed E-state index contributed by atoms with van der Waals surface area (Å²) in [4.78, 5) is 14.2. The molecule has 0 radical (unpaired) electrons.